The standard InChI is InChI=1S/C21H22BrN5O2S/c1-15-23-20(14-21(24-15)27-12-2-3-13-27)25-17-6-8-18(9-7-17)26-30(28,29)19-10-4-16(22)5-11-19/h4-11,14,26H,2-3,12-13H2,1H3,(H,23,24,25). The molecular formula is C21H22BrN5O2S. The lowest BCUT2D eigenvalue weighted by molar-refractivity contribution is 0.601. The van der Waals surface area contributed by atoms with Crippen molar-refractivity contribution in [2.24, 2.45) is 0 Å². The van der Waals surface area contributed by atoms with Crippen molar-refractivity contribution in [3.05, 3.63) is 64.9 Å². The van der Waals surface area contributed by atoms with Gasteiger partial charge in [-0.05, 0) is 68.3 Å². The van der Waals surface area contributed by atoms with Crippen molar-refractivity contribution < 1.29 is 8.42 Å². The van der Waals surface area contributed by atoms with Crippen LogP contribution < -0.4 is 14.9 Å². The molecule has 2 heterocycles. The molecule has 4 rings (SSSR count). The number of halogens is 1. The van der Waals surface area contributed by atoms with Crippen molar-refractivity contribution in [3.63, 3.8) is 0 Å². The van der Waals surface area contributed by atoms with Crippen molar-refractivity contribution in [1.29, 1.82) is 0 Å². The minimum atomic E-state index is -3.64. The smallest absolute Gasteiger partial charge is 0.261 e. The number of hydrogen-bond donors (Lipinski definition) is 2. The van der Waals surface area contributed by atoms with Crippen LogP contribution in [0.15, 0.2) is 64.0 Å². The van der Waals surface area contributed by atoms with Crippen molar-refractivity contribution in [3.8, 4) is 0 Å². The monoisotopic (exact) mass is 487 g/mol. The Hall–Kier alpha value is -2.65. The van der Waals surface area contributed by atoms with Gasteiger partial charge in [0.15, 0.2) is 0 Å². The molecule has 1 aliphatic heterocycles. The second-order valence-electron chi connectivity index (χ2n) is 7.11. The number of hydrogen-bond acceptors (Lipinski definition) is 6. The van der Waals surface area contributed by atoms with Gasteiger partial charge in [-0.25, -0.2) is 18.4 Å². The van der Waals surface area contributed by atoms with E-state index in [1.54, 1.807) is 36.4 Å². The van der Waals surface area contributed by atoms with Gasteiger partial charge in [0.25, 0.3) is 10.0 Å². The number of aromatic nitrogens is 2. The first-order valence-corrected chi connectivity index (χ1v) is 11.9. The fourth-order valence-corrected chi connectivity index (χ4v) is 4.64. The average Bonchev–Trinajstić information content (AvgIpc) is 3.24. The summed E-state index contributed by atoms with van der Waals surface area (Å²) >= 11 is 3.31. The summed E-state index contributed by atoms with van der Waals surface area (Å²) in [5, 5.41) is 3.28. The molecule has 0 bridgehead atoms. The van der Waals surface area contributed by atoms with Crippen molar-refractivity contribution in [1.82, 2.24) is 9.97 Å². The Labute approximate surface area is 184 Å². The summed E-state index contributed by atoms with van der Waals surface area (Å²) in [6.07, 6.45) is 2.37. The third-order valence-electron chi connectivity index (χ3n) is 4.79. The maximum absolute atomic E-state index is 12.5. The number of benzene rings is 2. The molecule has 0 aliphatic carbocycles. The molecule has 0 atom stereocenters. The van der Waals surface area contributed by atoms with E-state index in [4.69, 9.17) is 0 Å². The number of anilines is 4. The molecule has 3 aromatic rings. The molecule has 0 amide bonds. The van der Waals surface area contributed by atoms with Crippen LogP contribution in [0.2, 0.25) is 0 Å². The summed E-state index contributed by atoms with van der Waals surface area (Å²) in [5.74, 6) is 2.36. The molecule has 0 spiro atoms. The molecule has 7 nitrogen and oxygen atoms in total. The lowest BCUT2D eigenvalue weighted by Crippen LogP contribution is -2.19. The predicted octanol–water partition coefficient (Wildman–Crippen LogP) is 4.69. The molecule has 0 radical (unpaired) electrons. The number of nitrogens with zero attached hydrogens (tertiary/aromatic N) is 3. The molecule has 1 aliphatic rings. The van der Waals surface area contributed by atoms with Crippen LogP contribution in [0.3, 0.4) is 0 Å². The van der Waals surface area contributed by atoms with E-state index in [0.717, 1.165) is 29.1 Å². The highest BCUT2D eigenvalue weighted by Crippen LogP contribution is 2.24. The summed E-state index contributed by atoms with van der Waals surface area (Å²) in [4.78, 5) is 11.5. The molecule has 0 unspecified atom stereocenters. The third kappa shape index (κ3) is 4.91. The number of aryl methyl sites for hydroxylation is 1. The van der Waals surface area contributed by atoms with Gasteiger partial charge in [0, 0.05) is 35.0 Å². The van der Waals surface area contributed by atoms with Gasteiger partial charge in [-0.1, -0.05) is 15.9 Å². The van der Waals surface area contributed by atoms with Crippen molar-refractivity contribution in [2.75, 3.05) is 28.0 Å². The molecule has 2 aromatic carbocycles. The first-order valence-electron chi connectivity index (χ1n) is 9.65. The lowest BCUT2D eigenvalue weighted by atomic mass is 10.3. The molecule has 1 saturated heterocycles. The summed E-state index contributed by atoms with van der Waals surface area (Å²) < 4.78 is 28.5. The van der Waals surface area contributed by atoms with E-state index in [1.807, 2.05) is 25.1 Å². The van der Waals surface area contributed by atoms with E-state index >= 15 is 0 Å². The van der Waals surface area contributed by atoms with Gasteiger partial charge in [0.1, 0.15) is 17.5 Å². The van der Waals surface area contributed by atoms with E-state index in [9.17, 15) is 8.42 Å². The zero-order valence-corrected chi connectivity index (χ0v) is 18.9. The minimum absolute atomic E-state index is 0.207. The third-order valence-corrected chi connectivity index (χ3v) is 6.71. The topological polar surface area (TPSA) is 87.2 Å². The Balaban J connectivity index is 1.47. The average molecular weight is 488 g/mol. The molecule has 2 N–H and O–H groups in total. The number of rotatable bonds is 6. The fourth-order valence-electron chi connectivity index (χ4n) is 3.32. The van der Waals surface area contributed by atoms with Crippen LogP contribution in [-0.2, 0) is 10.0 Å². The highest BCUT2D eigenvalue weighted by Gasteiger charge is 2.16. The van der Waals surface area contributed by atoms with Crippen molar-refractivity contribution >= 4 is 49.0 Å². The van der Waals surface area contributed by atoms with Gasteiger partial charge in [0.2, 0.25) is 0 Å². The van der Waals surface area contributed by atoms with Crippen LogP contribution >= 0.6 is 15.9 Å². The molecule has 156 valence electrons. The Morgan fingerprint density at radius 1 is 0.933 bits per heavy atom. The van der Waals surface area contributed by atoms with Gasteiger partial charge >= 0.3 is 0 Å². The first-order chi connectivity index (χ1) is 14.4. The molecule has 0 saturated carbocycles. The molecule has 9 heteroatoms. The number of nitrogens with one attached hydrogen (secondary N) is 2. The second kappa shape index (κ2) is 8.61. The predicted molar refractivity (Wildman–Crippen MR) is 123 cm³/mol. The summed E-state index contributed by atoms with van der Waals surface area (Å²) in [6, 6.07) is 15.5. The number of sulfonamides is 1. The Morgan fingerprint density at radius 3 is 2.23 bits per heavy atom. The lowest BCUT2D eigenvalue weighted by Gasteiger charge is -2.18. The molecule has 1 fully saturated rings. The minimum Gasteiger partial charge on any atom is -0.356 e. The van der Waals surface area contributed by atoms with Crippen LogP contribution in [-0.4, -0.2) is 31.5 Å². The maximum atomic E-state index is 12.5. The van der Waals surface area contributed by atoms with Crippen LogP contribution in [0, 0.1) is 6.92 Å². The van der Waals surface area contributed by atoms with Crippen LogP contribution in [0.1, 0.15) is 18.7 Å². The van der Waals surface area contributed by atoms with Gasteiger partial charge in [-0.15, -0.1) is 0 Å². The molecular weight excluding hydrogens is 466 g/mol. The first kappa shape index (κ1) is 20.6. The van der Waals surface area contributed by atoms with Crippen LogP contribution in [0.5, 0.6) is 0 Å². The largest absolute Gasteiger partial charge is 0.356 e. The van der Waals surface area contributed by atoms with Crippen molar-refractivity contribution in [2.45, 2.75) is 24.7 Å². The van der Waals surface area contributed by atoms with Gasteiger partial charge in [-0.3, -0.25) is 4.72 Å². The Morgan fingerprint density at radius 2 is 1.57 bits per heavy atom. The summed E-state index contributed by atoms with van der Waals surface area (Å²) in [6.45, 7) is 3.91. The summed E-state index contributed by atoms with van der Waals surface area (Å²) in [7, 11) is -3.64. The van der Waals surface area contributed by atoms with Crippen LogP contribution in [0.25, 0.3) is 0 Å². The quantitative estimate of drug-likeness (QED) is 0.524. The van der Waals surface area contributed by atoms with E-state index < -0.39 is 10.0 Å². The maximum Gasteiger partial charge on any atom is 0.261 e. The molecule has 1 aromatic heterocycles. The zero-order chi connectivity index (χ0) is 21.1. The second-order valence-corrected chi connectivity index (χ2v) is 9.71. The van der Waals surface area contributed by atoms with E-state index in [1.165, 1.54) is 12.8 Å². The van der Waals surface area contributed by atoms with E-state index in [-0.39, 0.29) is 4.90 Å². The van der Waals surface area contributed by atoms with E-state index in [2.05, 4.69) is 40.8 Å². The SMILES string of the molecule is Cc1nc(Nc2ccc(NS(=O)(=O)c3ccc(Br)cc3)cc2)cc(N2CCCC2)n1. The van der Waals surface area contributed by atoms with Gasteiger partial charge in [-0.2, -0.15) is 0 Å². The normalized spacial score (nSPS) is 14.0. The molecule has 30 heavy (non-hydrogen) atoms. The highest BCUT2D eigenvalue weighted by molar-refractivity contribution is 9.10. The fraction of sp³-hybridized carbons (Fsp3) is 0.238. The van der Waals surface area contributed by atoms with Gasteiger partial charge in [0.05, 0.1) is 4.90 Å². The zero-order valence-electron chi connectivity index (χ0n) is 16.5. The Kier molecular flexibility index (Phi) is 5.92. The van der Waals surface area contributed by atoms with Crippen LogP contribution in [0.4, 0.5) is 23.0 Å². The Bertz CT molecular complexity index is 1130. The highest BCUT2D eigenvalue weighted by atomic mass is 79.9. The van der Waals surface area contributed by atoms with E-state index in [0.29, 0.717) is 17.3 Å². The summed E-state index contributed by atoms with van der Waals surface area (Å²) in [5.41, 5.74) is 1.30. The van der Waals surface area contributed by atoms with Gasteiger partial charge < -0.3 is 10.2 Å².